The third kappa shape index (κ3) is 5.62. The molecule has 0 atom stereocenters. The van der Waals surface area contributed by atoms with Gasteiger partial charge < -0.3 is 15.7 Å². The number of carboxylic acid groups (broad SMARTS) is 1. The largest absolute Gasteiger partial charge is 0.481 e. The molecule has 0 heterocycles. The van der Waals surface area contributed by atoms with Crippen molar-refractivity contribution in [1.29, 1.82) is 0 Å². The molecule has 0 unspecified atom stereocenters. The van der Waals surface area contributed by atoms with Gasteiger partial charge in [0.25, 0.3) is 5.91 Å². The van der Waals surface area contributed by atoms with Gasteiger partial charge in [-0.05, 0) is 56.1 Å². The van der Waals surface area contributed by atoms with Crippen LogP contribution in [0.15, 0.2) is 39.3 Å². The molecule has 0 spiro atoms. The first-order valence-electron chi connectivity index (χ1n) is 8.88. The number of amides is 1. The Bertz CT molecular complexity index is 1070. The van der Waals surface area contributed by atoms with E-state index < -0.39 is 61.5 Å². The fourth-order valence-corrected chi connectivity index (χ4v) is 4.09. The zero-order valence-corrected chi connectivity index (χ0v) is 19.5. The lowest BCUT2D eigenvalue weighted by molar-refractivity contribution is -0.348. The molecule has 2 aromatic carbocycles. The highest BCUT2D eigenvalue weighted by molar-refractivity contribution is 9.11. The average molecular weight is 628 g/mol. The van der Waals surface area contributed by atoms with Crippen molar-refractivity contribution in [3.63, 3.8) is 0 Å². The van der Waals surface area contributed by atoms with Gasteiger partial charge in [-0.2, -0.15) is 26.3 Å². The Morgan fingerprint density at radius 1 is 0.941 bits per heavy atom. The van der Waals surface area contributed by atoms with E-state index in [0.29, 0.717) is 0 Å². The molecule has 0 aliphatic rings. The van der Waals surface area contributed by atoms with Crippen LogP contribution in [0, 0.1) is 5.82 Å². The van der Waals surface area contributed by atoms with Crippen molar-refractivity contribution in [3.05, 3.63) is 56.2 Å². The Morgan fingerprint density at radius 3 is 1.94 bits per heavy atom. The number of aliphatic carboxylic acids is 1. The van der Waals surface area contributed by atoms with E-state index in [1.165, 1.54) is 12.1 Å². The van der Waals surface area contributed by atoms with Crippen LogP contribution in [0.25, 0.3) is 0 Å². The summed E-state index contributed by atoms with van der Waals surface area (Å²) in [7, 11) is 0. The number of hydrogen-bond acceptors (Lipinski definition) is 3. The molecular weight excluding hydrogens is 616 g/mol. The summed E-state index contributed by atoms with van der Waals surface area (Å²) in [5.74, 6) is -3.40. The molecule has 0 aliphatic heterocycles. The van der Waals surface area contributed by atoms with E-state index in [0.717, 1.165) is 6.07 Å². The van der Waals surface area contributed by atoms with Crippen LogP contribution >= 0.6 is 31.9 Å². The monoisotopic (exact) mass is 626 g/mol. The van der Waals surface area contributed by atoms with Gasteiger partial charge in [-0.3, -0.25) is 9.59 Å². The first kappa shape index (κ1) is 27.8. The van der Waals surface area contributed by atoms with Crippen LogP contribution in [0.3, 0.4) is 0 Å². The van der Waals surface area contributed by atoms with Crippen molar-refractivity contribution < 1.29 is 49.8 Å². The van der Waals surface area contributed by atoms with Gasteiger partial charge in [-0.25, -0.2) is 8.78 Å². The molecule has 0 aromatic heterocycles. The molecule has 186 valence electrons. The highest BCUT2D eigenvalue weighted by Crippen LogP contribution is 2.54. The van der Waals surface area contributed by atoms with Crippen LogP contribution < -0.4 is 10.6 Å². The maximum Gasteiger partial charge on any atom is 0.435 e. The molecule has 0 saturated heterocycles. The first-order chi connectivity index (χ1) is 15.5. The van der Waals surface area contributed by atoms with E-state index in [2.05, 4.69) is 42.5 Å². The maximum absolute atomic E-state index is 14.6. The topological polar surface area (TPSA) is 78.4 Å². The molecule has 2 rings (SSSR count). The molecule has 34 heavy (non-hydrogen) atoms. The first-order valence-corrected chi connectivity index (χ1v) is 10.5. The van der Waals surface area contributed by atoms with Crippen molar-refractivity contribution >= 4 is 55.1 Å². The van der Waals surface area contributed by atoms with Crippen molar-refractivity contribution in [1.82, 2.24) is 0 Å². The second-order valence-corrected chi connectivity index (χ2v) is 8.37. The second-order valence-electron chi connectivity index (χ2n) is 6.66. The minimum Gasteiger partial charge on any atom is -0.481 e. The third-order valence-electron chi connectivity index (χ3n) is 4.36. The fourth-order valence-electron chi connectivity index (χ4n) is 2.71. The van der Waals surface area contributed by atoms with Crippen LogP contribution in [0.2, 0.25) is 0 Å². The van der Waals surface area contributed by atoms with Gasteiger partial charge >= 0.3 is 24.0 Å². The van der Waals surface area contributed by atoms with Crippen LogP contribution in [0.4, 0.5) is 46.5 Å². The molecule has 2 aromatic rings. The van der Waals surface area contributed by atoms with E-state index in [4.69, 9.17) is 5.11 Å². The Balaban J connectivity index is 2.39. The number of carbonyl (C=O) groups is 2. The Hall–Kier alpha value is -2.42. The van der Waals surface area contributed by atoms with E-state index in [-0.39, 0.29) is 30.8 Å². The van der Waals surface area contributed by atoms with Crippen LogP contribution in [0.1, 0.15) is 22.3 Å². The van der Waals surface area contributed by atoms with Gasteiger partial charge in [0.15, 0.2) is 5.82 Å². The number of alkyl halides is 7. The van der Waals surface area contributed by atoms with Crippen LogP contribution in [-0.4, -0.2) is 35.9 Å². The van der Waals surface area contributed by atoms with Gasteiger partial charge in [0.1, 0.15) is 0 Å². The van der Waals surface area contributed by atoms with Crippen molar-refractivity contribution in [2.24, 2.45) is 0 Å². The summed E-state index contributed by atoms with van der Waals surface area (Å²) in [6.45, 7) is -0.167. The summed E-state index contributed by atoms with van der Waals surface area (Å²) in [6.07, 6.45) is -13.0. The Kier molecular flexibility index (Phi) is 8.23. The average Bonchev–Trinajstić information content (AvgIpc) is 2.69. The lowest BCUT2D eigenvalue weighted by Crippen LogP contribution is -2.50. The Morgan fingerprint density at radius 2 is 1.47 bits per heavy atom. The van der Waals surface area contributed by atoms with Gasteiger partial charge in [0.05, 0.1) is 23.4 Å². The number of rotatable bonds is 7. The standard InChI is InChI=1S/C19H12Br2F8N2O3/c20-10-6-8(17(23,18(24,25)26)19(27,28)29)7-11(21)15(10)31-16(34)9-2-1-3-12(14(9)22)30-5-4-13(32)33/h1-3,6-7,30H,4-5H2,(H,31,34)(H,32,33). The SMILES string of the molecule is O=C(O)CCNc1cccc(C(=O)Nc2c(Br)cc(C(F)(C(F)(F)F)C(F)(F)F)cc2Br)c1F. The predicted molar refractivity (Wildman–Crippen MR) is 112 cm³/mol. The second kappa shape index (κ2) is 10.1. The number of hydrogen-bond donors (Lipinski definition) is 3. The predicted octanol–water partition coefficient (Wildman–Crippen LogP) is 6.78. The number of anilines is 2. The zero-order valence-electron chi connectivity index (χ0n) is 16.3. The maximum atomic E-state index is 14.6. The number of nitrogens with one attached hydrogen (secondary N) is 2. The Labute approximate surface area is 202 Å². The van der Waals surface area contributed by atoms with Crippen LogP contribution in [0.5, 0.6) is 0 Å². The molecule has 1 amide bonds. The van der Waals surface area contributed by atoms with E-state index in [9.17, 15) is 44.7 Å². The minimum absolute atomic E-state index is 0.167. The summed E-state index contributed by atoms with van der Waals surface area (Å²) in [5, 5.41) is 13.2. The highest BCUT2D eigenvalue weighted by Gasteiger charge is 2.73. The van der Waals surface area contributed by atoms with Gasteiger partial charge in [0, 0.05) is 21.1 Å². The molecule has 5 nitrogen and oxygen atoms in total. The fraction of sp³-hybridized carbons (Fsp3) is 0.263. The summed E-state index contributed by atoms with van der Waals surface area (Å²) in [4.78, 5) is 23.1. The molecule has 0 bridgehead atoms. The van der Waals surface area contributed by atoms with Crippen molar-refractivity contribution in [3.8, 4) is 0 Å². The van der Waals surface area contributed by atoms with Crippen molar-refractivity contribution in [2.45, 2.75) is 24.4 Å². The molecule has 3 N–H and O–H groups in total. The van der Waals surface area contributed by atoms with Gasteiger partial charge in [-0.1, -0.05) is 6.07 Å². The molecule has 0 aliphatic carbocycles. The quantitative estimate of drug-likeness (QED) is 0.296. The van der Waals surface area contributed by atoms with Crippen LogP contribution in [-0.2, 0) is 10.5 Å². The summed E-state index contributed by atoms with van der Waals surface area (Å²) in [6, 6.07) is 3.88. The smallest absolute Gasteiger partial charge is 0.435 e. The zero-order chi connectivity index (χ0) is 26.1. The number of benzene rings is 2. The third-order valence-corrected chi connectivity index (χ3v) is 5.61. The molecular formula is C19H12Br2F8N2O3. The molecule has 0 saturated carbocycles. The van der Waals surface area contributed by atoms with E-state index >= 15 is 0 Å². The van der Waals surface area contributed by atoms with Gasteiger partial charge in [-0.15, -0.1) is 0 Å². The number of carboxylic acids is 1. The molecule has 0 radical (unpaired) electrons. The number of halogens is 10. The minimum atomic E-state index is -6.34. The number of carbonyl (C=O) groups excluding carboxylic acids is 1. The highest BCUT2D eigenvalue weighted by atomic mass is 79.9. The molecule has 15 heteroatoms. The normalized spacial score (nSPS) is 12.4. The molecule has 0 fully saturated rings. The summed E-state index contributed by atoms with van der Waals surface area (Å²) >= 11 is 5.40. The lowest BCUT2D eigenvalue weighted by atomic mass is 9.94. The summed E-state index contributed by atoms with van der Waals surface area (Å²) < 4.78 is 106. The van der Waals surface area contributed by atoms with E-state index in [1.54, 1.807) is 0 Å². The van der Waals surface area contributed by atoms with Gasteiger partial charge in [0.2, 0.25) is 0 Å². The lowest BCUT2D eigenvalue weighted by Gasteiger charge is -2.31. The van der Waals surface area contributed by atoms with E-state index in [1.807, 2.05) is 0 Å². The van der Waals surface area contributed by atoms with Crippen molar-refractivity contribution in [2.75, 3.05) is 17.2 Å². The summed E-state index contributed by atoms with van der Waals surface area (Å²) in [5.41, 5.74) is -8.70.